The summed E-state index contributed by atoms with van der Waals surface area (Å²) in [7, 11) is 1.66. The van der Waals surface area contributed by atoms with Gasteiger partial charge in [0, 0.05) is 17.9 Å². The van der Waals surface area contributed by atoms with Crippen LogP contribution in [0.25, 0.3) is 0 Å². The molecule has 2 rings (SSSR count). The number of ether oxygens (including phenoxy) is 1. The summed E-state index contributed by atoms with van der Waals surface area (Å²) in [6.45, 7) is 0. The standard InChI is InChI=1S/C13H13NOS2/c1-15-12-4-2-10(3-5-12)8-11(9-14)13-16-6-7-17-13/h2-5H,6-8H2,1H3. The molecule has 2 nitrogen and oxygen atoms in total. The number of thioether (sulfide) groups is 2. The van der Waals surface area contributed by atoms with Gasteiger partial charge in [-0.2, -0.15) is 5.26 Å². The third-order valence-electron chi connectivity index (χ3n) is 2.47. The van der Waals surface area contributed by atoms with Crippen molar-refractivity contribution in [1.82, 2.24) is 0 Å². The minimum absolute atomic E-state index is 0.718. The number of benzene rings is 1. The first-order valence-electron chi connectivity index (χ1n) is 5.35. The lowest BCUT2D eigenvalue weighted by Gasteiger charge is -2.04. The number of nitriles is 1. The van der Waals surface area contributed by atoms with Crippen molar-refractivity contribution in [3.8, 4) is 11.8 Å². The molecule has 1 aliphatic rings. The van der Waals surface area contributed by atoms with E-state index in [0.29, 0.717) is 0 Å². The molecule has 17 heavy (non-hydrogen) atoms. The van der Waals surface area contributed by atoms with Crippen molar-refractivity contribution in [2.75, 3.05) is 18.6 Å². The summed E-state index contributed by atoms with van der Waals surface area (Å²) in [5.41, 5.74) is 2.05. The molecule has 1 aliphatic heterocycles. The van der Waals surface area contributed by atoms with Crippen molar-refractivity contribution in [1.29, 1.82) is 5.26 Å². The Balaban J connectivity index is 2.13. The molecule has 1 saturated heterocycles. The Hall–Kier alpha value is -1.05. The van der Waals surface area contributed by atoms with E-state index in [4.69, 9.17) is 4.74 Å². The quantitative estimate of drug-likeness (QED) is 0.782. The smallest absolute Gasteiger partial charge is 0.118 e. The highest BCUT2D eigenvalue weighted by Crippen LogP contribution is 2.39. The highest BCUT2D eigenvalue weighted by Gasteiger charge is 2.14. The lowest BCUT2D eigenvalue weighted by Crippen LogP contribution is -1.90. The summed E-state index contributed by atoms with van der Waals surface area (Å²) in [6.07, 6.45) is 0.718. The van der Waals surface area contributed by atoms with Gasteiger partial charge in [-0.1, -0.05) is 12.1 Å². The van der Waals surface area contributed by atoms with Crippen LogP contribution >= 0.6 is 23.5 Å². The van der Waals surface area contributed by atoms with Crippen LogP contribution < -0.4 is 4.74 Å². The molecule has 0 bridgehead atoms. The van der Waals surface area contributed by atoms with Crippen molar-refractivity contribution in [2.45, 2.75) is 6.42 Å². The van der Waals surface area contributed by atoms with Gasteiger partial charge in [0.2, 0.25) is 0 Å². The molecule has 0 spiro atoms. The van der Waals surface area contributed by atoms with Gasteiger partial charge in [-0.3, -0.25) is 0 Å². The number of rotatable bonds is 3. The first kappa shape index (κ1) is 12.4. The Morgan fingerprint density at radius 1 is 1.29 bits per heavy atom. The molecular weight excluding hydrogens is 250 g/mol. The fourth-order valence-corrected chi connectivity index (χ4v) is 4.04. The molecule has 0 unspecified atom stereocenters. The average Bonchev–Trinajstić information content (AvgIpc) is 2.90. The maximum atomic E-state index is 9.19. The highest BCUT2D eigenvalue weighted by molar-refractivity contribution is 8.25. The number of allylic oxidation sites excluding steroid dienone is 1. The van der Waals surface area contributed by atoms with E-state index in [0.717, 1.165) is 34.8 Å². The summed E-state index contributed by atoms with van der Waals surface area (Å²) in [6, 6.07) is 10.2. The lowest BCUT2D eigenvalue weighted by molar-refractivity contribution is 0.414. The van der Waals surface area contributed by atoms with E-state index in [2.05, 4.69) is 6.07 Å². The molecule has 0 aliphatic carbocycles. The molecule has 1 heterocycles. The van der Waals surface area contributed by atoms with Crippen LogP contribution in [0.5, 0.6) is 5.75 Å². The van der Waals surface area contributed by atoms with Crippen molar-refractivity contribution >= 4 is 23.5 Å². The van der Waals surface area contributed by atoms with Crippen LogP contribution in [0, 0.1) is 11.3 Å². The molecule has 1 fully saturated rings. The van der Waals surface area contributed by atoms with E-state index in [9.17, 15) is 5.26 Å². The van der Waals surface area contributed by atoms with Gasteiger partial charge in [0.15, 0.2) is 0 Å². The molecule has 1 aromatic carbocycles. The second-order valence-electron chi connectivity index (χ2n) is 3.60. The van der Waals surface area contributed by atoms with Gasteiger partial charge in [0.1, 0.15) is 5.75 Å². The zero-order chi connectivity index (χ0) is 12.1. The Labute approximate surface area is 110 Å². The van der Waals surface area contributed by atoms with E-state index >= 15 is 0 Å². The maximum Gasteiger partial charge on any atom is 0.118 e. The van der Waals surface area contributed by atoms with Crippen LogP contribution in [0.3, 0.4) is 0 Å². The zero-order valence-corrected chi connectivity index (χ0v) is 11.2. The molecule has 0 aromatic heterocycles. The SMILES string of the molecule is COc1ccc(CC(C#N)=C2SCCS2)cc1. The average molecular weight is 263 g/mol. The number of hydrogen-bond donors (Lipinski definition) is 0. The van der Waals surface area contributed by atoms with E-state index < -0.39 is 0 Å². The summed E-state index contributed by atoms with van der Waals surface area (Å²) in [4.78, 5) is 0. The molecule has 0 amide bonds. The predicted octanol–water partition coefficient (Wildman–Crippen LogP) is 3.45. The van der Waals surface area contributed by atoms with Crippen LogP contribution in [0.4, 0.5) is 0 Å². The monoisotopic (exact) mass is 263 g/mol. The fourth-order valence-electron chi connectivity index (χ4n) is 1.59. The normalized spacial score (nSPS) is 14.5. The van der Waals surface area contributed by atoms with Gasteiger partial charge >= 0.3 is 0 Å². The Morgan fingerprint density at radius 2 is 1.94 bits per heavy atom. The van der Waals surface area contributed by atoms with Crippen molar-refractivity contribution in [3.05, 3.63) is 39.6 Å². The number of nitrogens with zero attached hydrogens (tertiary/aromatic N) is 1. The summed E-state index contributed by atoms with van der Waals surface area (Å²) in [5.74, 6) is 3.09. The molecular formula is C13H13NOS2. The lowest BCUT2D eigenvalue weighted by atomic mass is 10.1. The van der Waals surface area contributed by atoms with Gasteiger partial charge in [-0.05, 0) is 17.7 Å². The van der Waals surface area contributed by atoms with Crippen LogP contribution in [0.1, 0.15) is 5.56 Å². The number of methoxy groups -OCH3 is 1. The first-order chi connectivity index (χ1) is 8.33. The Morgan fingerprint density at radius 3 is 2.47 bits per heavy atom. The molecule has 0 N–H and O–H groups in total. The minimum atomic E-state index is 0.718. The second kappa shape index (κ2) is 6.04. The van der Waals surface area contributed by atoms with Gasteiger partial charge in [-0.15, -0.1) is 23.5 Å². The van der Waals surface area contributed by atoms with E-state index in [1.54, 1.807) is 30.6 Å². The van der Waals surface area contributed by atoms with Crippen LogP contribution in [0.2, 0.25) is 0 Å². The Bertz CT molecular complexity index is 451. The van der Waals surface area contributed by atoms with Gasteiger partial charge < -0.3 is 4.74 Å². The van der Waals surface area contributed by atoms with Gasteiger partial charge in [-0.25, -0.2) is 0 Å². The first-order valence-corrected chi connectivity index (χ1v) is 7.32. The molecule has 1 aromatic rings. The highest BCUT2D eigenvalue weighted by atomic mass is 32.2. The van der Waals surface area contributed by atoms with Crippen molar-refractivity contribution in [2.24, 2.45) is 0 Å². The van der Waals surface area contributed by atoms with Crippen molar-refractivity contribution in [3.63, 3.8) is 0 Å². The van der Waals surface area contributed by atoms with E-state index in [-0.39, 0.29) is 0 Å². The van der Waals surface area contributed by atoms with Gasteiger partial charge in [0.05, 0.1) is 23.0 Å². The number of hydrogen-bond acceptors (Lipinski definition) is 4. The summed E-state index contributed by atoms with van der Waals surface area (Å²) in [5, 5.41) is 9.19. The predicted molar refractivity (Wildman–Crippen MR) is 74.3 cm³/mol. The molecule has 0 radical (unpaired) electrons. The molecule has 4 heteroatoms. The minimum Gasteiger partial charge on any atom is -0.497 e. The van der Waals surface area contributed by atoms with E-state index in [1.807, 2.05) is 24.3 Å². The van der Waals surface area contributed by atoms with Crippen LogP contribution in [-0.2, 0) is 6.42 Å². The second-order valence-corrected chi connectivity index (χ2v) is 6.07. The topological polar surface area (TPSA) is 33.0 Å². The Kier molecular flexibility index (Phi) is 4.41. The third kappa shape index (κ3) is 3.21. The maximum absolute atomic E-state index is 9.19. The molecule has 0 saturated carbocycles. The van der Waals surface area contributed by atoms with Crippen LogP contribution in [-0.4, -0.2) is 18.6 Å². The largest absolute Gasteiger partial charge is 0.497 e. The van der Waals surface area contributed by atoms with Crippen LogP contribution in [0.15, 0.2) is 34.1 Å². The third-order valence-corrected chi connectivity index (χ3v) is 5.27. The molecule has 88 valence electrons. The van der Waals surface area contributed by atoms with Crippen molar-refractivity contribution < 1.29 is 4.74 Å². The summed E-state index contributed by atoms with van der Waals surface area (Å²) >= 11 is 3.59. The fraction of sp³-hybridized carbons (Fsp3) is 0.308. The summed E-state index contributed by atoms with van der Waals surface area (Å²) < 4.78 is 6.31. The zero-order valence-electron chi connectivity index (χ0n) is 9.60. The molecule has 0 atom stereocenters. The van der Waals surface area contributed by atoms with Gasteiger partial charge in [0.25, 0.3) is 0 Å². The van der Waals surface area contributed by atoms with E-state index in [1.165, 1.54) is 4.24 Å².